The molecule has 0 bridgehead atoms. The Morgan fingerprint density at radius 3 is 1.80 bits per heavy atom. The van der Waals surface area contributed by atoms with Crippen molar-refractivity contribution in [3.05, 3.63) is 0 Å². The van der Waals surface area contributed by atoms with Crippen molar-refractivity contribution in [2.45, 2.75) is 13.3 Å². The van der Waals surface area contributed by atoms with E-state index in [4.69, 9.17) is 0 Å². The van der Waals surface area contributed by atoms with E-state index in [1.807, 2.05) is 0 Å². The molecule has 0 radical (unpaired) electrons. The minimum atomic E-state index is 0. The molecule has 0 rings (SSSR count). The molecule has 0 aliphatic rings. The van der Waals surface area contributed by atoms with E-state index < -0.39 is 0 Å². The summed E-state index contributed by atoms with van der Waals surface area (Å²) in [4.78, 5) is 0. The average Bonchev–Trinajstić information content (AvgIpc) is 1.37. The Morgan fingerprint density at radius 2 is 1.80 bits per heavy atom. The molecule has 28 valence electrons. The molecule has 0 aromatic heterocycles. The second kappa shape index (κ2) is 8.87. The Balaban J connectivity index is 0. The zero-order chi connectivity index (χ0) is 3.41. The van der Waals surface area contributed by atoms with Crippen LogP contribution in [0.25, 0.3) is 0 Å². The van der Waals surface area contributed by atoms with Crippen molar-refractivity contribution in [2.75, 3.05) is 5.75 Å². The maximum atomic E-state index is 3.92. The van der Waals surface area contributed by atoms with Crippen LogP contribution in [0.4, 0.5) is 0 Å². The van der Waals surface area contributed by atoms with E-state index in [1.165, 1.54) is 6.42 Å². The van der Waals surface area contributed by atoms with Crippen molar-refractivity contribution < 1.29 is 0 Å². The fraction of sp³-hybridized carbons (Fsp3) is 1.00. The van der Waals surface area contributed by atoms with Gasteiger partial charge in [0.25, 0.3) is 0 Å². The first-order valence-electron chi connectivity index (χ1n) is 1.52. The van der Waals surface area contributed by atoms with Crippen molar-refractivity contribution in [1.29, 1.82) is 0 Å². The first-order valence-corrected chi connectivity index (χ1v) is 2.16. The van der Waals surface area contributed by atoms with Gasteiger partial charge in [0, 0.05) is 0 Å². The Labute approximate surface area is 50.9 Å². The summed E-state index contributed by atoms with van der Waals surface area (Å²) in [5.74, 6) is 1.01. The van der Waals surface area contributed by atoms with Gasteiger partial charge < -0.3 is 0 Å². The Morgan fingerprint density at radius 1 is 1.60 bits per heavy atom. The Kier molecular flexibility index (Phi) is 16.6. The van der Waals surface area contributed by atoms with Crippen LogP contribution in [0.1, 0.15) is 13.3 Å². The van der Waals surface area contributed by atoms with Crippen LogP contribution in [0, 0.1) is 0 Å². The van der Waals surface area contributed by atoms with Gasteiger partial charge in [0.15, 0.2) is 0 Å². The quantitative estimate of drug-likeness (QED) is 0.350. The molecule has 0 amide bonds. The van der Waals surface area contributed by atoms with Crippen LogP contribution in [-0.4, -0.2) is 24.6 Å². The molecule has 0 saturated carbocycles. The normalized spacial score (nSPS) is 6.00. The number of rotatable bonds is 1. The summed E-state index contributed by atoms with van der Waals surface area (Å²) in [7, 11) is 0. The molecular formula is C3H9LiS. The van der Waals surface area contributed by atoms with Crippen LogP contribution in [0.15, 0.2) is 0 Å². The van der Waals surface area contributed by atoms with Gasteiger partial charge in [-0.05, 0) is 12.2 Å². The summed E-state index contributed by atoms with van der Waals surface area (Å²) in [6.07, 6.45) is 1.18. The maximum absolute atomic E-state index is 3.92. The second-order valence-electron chi connectivity index (χ2n) is 0.724. The molecular weight excluding hydrogens is 75.0 g/mol. The van der Waals surface area contributed by atoms with E-state index in [9.17, 15) is 0 Å². The summed E-state index contributed by atoms with van der Waals surface area (Å²) >= 11 is 3.92. The third-order valence-electron chi connectivity index (χ3n) is 0.224. The van der Waals surface area contributed by atoms with Crippen molar-refractivity contribution in [2.24, 2.45) is 0 Å². The van der Waals surface area contributed by atoms with Crippen molar-refractivity contribution in [3.63, 3.8) is 0 Å². The van der Waals surface area contributed by atoms with Crippen LogP contribution < -0.4 is 0 Å². The minimum absolute atomic E-state index is 0. The molecule has 0 atom stereocenters. The molecule has 0 aliphatic carbocycles. The van der Waals surface area contributed by atoms with Crippen LogP contribution in [0.3, 0.4) is 0 Å². The van der Waals surface area contributed by atoms with Gasteiger partial charge in [0.1, 0.15) is 0 Å². The summed E-state index contributed by atoms with van der Waals surface area (Å²) in [6.45, 7) is 2.10. The molecule has 0 fully saturated rings. The predicted molar refractivity (Wildman–Crippen MR) is 31.3 cm³/mol. The predicted octanol–water partition coefficient (Wildman–Crippen LogP) is 0.678. The van der Waals surface area contributed by atoms with Gasteiger partial charge in [-0.2, -0.15) is 12.6 Å². The van der Waals surface area contributed by atoms with Gasteiger partial charge in [-0.25, -0.2) is 0 Å². The van der Waals surface area contributed by atoms with E-state index in [1.54, 1.807) is 0 Å². The van der Waals surface area contributed by atoms with Gasteiger partial charge in [-0.15, -0.1) is 0 Å². The molecule has 0 N–H and O–H groups in total. The van der Waals surface area contributed by atoms with Gasteiger partial charge in [0.05, 0.1) is 0 Å². The number of hydrogen-bond donors (Lipinski definition) is 1. The standard InChI is InChI=1S/C3H8S.Li.H/c1-2-3-4;;/h4H,2-3H2,1H3;;. The zero-order valence-corrected chi connectivity index (χ0v) is 3.76. The van der Waals surface area contributed by atoms with Crippen LogP contribution in [-0.2, 0) is 0 Å². The Bertz CT molecular complexity index is 8.85. The van der Waals surface area contributed by atoms with E-state index in [0.717, 1.165) is 5.75 Å². The van der Waals surface area contributed by atoms with Crippen LogP contribution in [0.5, 0.6) is 0 Å². The summed E-state index contributed by atoms with van der Waals surface area (Å²) in [5, 5.41) is 0. The first kappa shape index (κ1) is 9.34. The topological polar surface area (TPSA) is 0 Å². The molecule has 5 heavy (non-hydrogen) atoms. The molecule has 0 unspecified atom stereocenters. The second-order valence-corrected chi connectivity index (χ2v) is 1.17. The van der Waals surface area contributed by atoms with Crippen LogP contribution >= 0.6 is 12.6 Å². The van der Waals surface area contributed by atoms with Gasteiger partial charge in [0.2, 0.25) is 0 Å². The van der Waals surface area contributed by atoms with Gasteiger partial charge in [-0.3, -0.25) is 0 Å². The third kappa shape index (κ3) is 11.3. The van der Waals surface area contributed by atoms with Crippen molar-refractivity contribution in [3.8, 4) is 0 Å². The molecule has 0 aliphatic heterocycles. The molecule has 0 aromatic carbocycles. The van der Waals surface area contributed by atoms with E-state index in [2.05, 4.69) is 19.6 Å². The van der Waals surface area contributed by atoms with E-state index in [-0.39, 0.29) is 18.9 Å². The molecule has 0 heterocycles. The molecule has 0 aromatic rings. The summed E-state index contributed by atoms with van der Waals surface area (Å²) in [5.41, 5.74) is 0. The fourth-order valence-corrected chi connectivity index (χ4v) is 0. The fourth-order valence-electron chi connectivity index (χ4n) is 0. The number of thiol groups is 1. The van der Waals surface area contributed by atoms with Crippen molar-refractivity contribution >= 4 is 31.5 Å². The summed E-state index contributed by atoms with van der Waals surface area (Å²) < 4.78 is 0. The first-order chi connectivity index (χ1) is 1.91. The molecule has 0 spiro atoms. The zero-order valence-electron chi connectivity index (χ0n) is 2.86. The molecule has 0 saturated heterocycles. The van der Waals surface area contributed by atoms with Crippen molar-refractivity contribution in [1.82, 2.24) is 0 Å². The average molecular weight is 84.1 g/mol. The van der Waals surface area contributed by atoms with Gasteiger partial charge in [-0.1, -0.05) is 6.92 Å². The molecule has 0 nitrogen and oxygen atoms in total. The monoisotopic (exact) mass is 84.1 g/mol. The van der Waals surface area contributed by atoms with E-state index in [0.29, 0.717) is 0 Å². The Hall–Kier alpha value is 0.947. The van der Waals surface area contributed by atoms with Crippen LogP contribution in [0.2, 0.25) is 0 Å². The SMILES string of the molecule is CCCS.[LiH]. The summed E-state index contributed by atoms with van der Waals surface area (Å²) in [6, 6.07) is 0. The third-order valence-corrected chi connectivity index (χ3v) is 0.671. The van der Waals surface area contributed by atoms with Gasteiger partial charge >= 0.3 is 18.9 Å². The van der Waals surface area contributed by atoms with E-state index >= 15 is 0 Å². The molecule has 2 heteroatoms. The number of hydrogen-bond acceptors (Lipinski definition) is 1.